The maximum atomic E-state index is 12.4. The van der Waals surface area contributed by atoms with Crippen LogP contribution in [-0.2, 0) is 15.5 Å². The highest BCUT2D eigenvalue weighted by Gasteiger charge is 2.24. The molecule has 1 heterocycles. The van der Waals surface area contributed by atoms with Crippen molar-refractivity contribution in [1.82, 2.24) is 0 Å². The number of hydrogen-bond donors (Lipinski definition) is 1. The molecule has 1 aliphatic rings. The van der Waals surface area contributed by atoms with Crippen LogP contribution in [0.15, 0.2) is 23.1 Å². The van der Waals surface area contributed by atoms with E-state index in [1.807, 2.05) is 13.8 Å². The van der Waals surface area contributed by atoms with Crippen LogP contribution in [0.5, 0.6) is 5.75 Å². The molecular weight excluding hydrogens is 262 g/mol. The second kappa shape index (κ2) is 6.39. The van der Waals surface area contributed by atoms with E-state index >= 15 is 0 Å². The van der Waals surface area contributed by atoms with E-state index in [1.54, 1.807) is 18.2 Å². The van der Waals surface area contributed by atoms with E-state index in [4.69, 9.17) is 15.2 Å². The maximum Gasteiger partial charge on any atom is 0.120 e. The molecule has 1 aliphatic heterocycles. The average molecular weight is 283 g/mol. The SMILES string of the molecule is CCOc1ccc(N)c(S(=O)CC2CCC(C)O2)c1. The summed E-state index contributed by atoms with van der Waals surface area (Å²) in [4.78, 5) is 0.647. The Hall–Kier alpha value is -1.07. The quantitative estimate of drug-likeness (QED) is 0.843. The van der Waals surface area contributed by atoms with Crippen LogP contribution >= 0.6 is 0 Å². The summed E-state index contributed by atoms with van der Waals surface area (Å²) in [6, 6.07) is 5.32. The molecule has 0 aromatic heterocycles. The van der Waals surface area contributed by atoms with Gasteiger partial charge in [-0.15, -0.1) is 0 Å². The minimum absolute atomic E-state index is 0.0750. The molecule has 1 aromatic rings. The van der Waals surface area contributed by atoms with Gasteiger partial charge in [-0.2, -0.15) is 0 Å². The van der Waals surface area contributed by atoms with E-state index in [2.05, 4.69) is 0 Å². The highest BCUT2D eigenvalue weighted by molar-refractivity contribution is 7.85. The van der Waals surface area contributed by atoms with E-state index in [-0.39, 0.29) is 12.2 Å². The fourth-order valence-electron chi connectivity index (χ4n) is 2.23. The third-order valence-electron chi connectivity index (χ3n) is 3.20. The molecule has 3 atom stereocenters. The molecule has 0 spiro atoms. The second-order valence-electron chi connectivity index (χ2n) is 4.79. The van der Waals surface area contributed by atoms with Crippen molar-refractivity contribution in [2.45, 2.75) is 43.8 Å². The third-order valence-corrected chi connectivity index (χ3v) is 4.72. The second-order valence-corrected chi connectivity index (χ2v) is 6.26. The number of nitrogens with two attached hydrogens (primary N) is 1. The molecule has 2 N–H and O–H groups in total. The molecule has 2 rings (SSSR count). The van der Waals surface area contributed by atoms with Crippen molar-refractivity contribution < 1.29 is 13.7 Å². The van der Waals surface area contributed by atoms with Crippen LogP contribution in [0.4, 0.5) is 5.69 Å². The zero-order chi connectivity index (χ0) is 13.8. The summed E-state index contributed by atoms with van der Waals surface area (Å²) in [5.41, 5.74) is 6.45. The van der Waals surface area contributed by atoms with E-state index in [0.717, 1.165) is 12.8 Å². The van der Waals surface area contributed by atoms with Gasteiger partial charge < -0.3 is 15.2 Å². The lowest BCUT2D eigenvalue weighted by Gasteiger charge is -2.13. The van der Waals surface area contributed by atoms with Crippen molar-refractivity contribution in [3.63, 3.8) is 0 Å². The molecule has 0 aliphatic carbocycles. The lowest BCUT2D eigenvalue weighted by atomic mass is 10.2. The Morgan fingerprint density at radius 1 is 1.47 bits per heavy atom. The van der Waals surface area contributed by atoms with Gasteiger partial charge in [0.2, 0.25) is 0 Å². The molecule has 1 saturated heterocycles. The van der Waals surface area contributed by atoms with Gasteiger partial charge in [0.25, 0.3) is 0 Å². The molecule has 0 bridgehead atoms. The first-order chi connectivity index (χ1) is 9.10. The number of anilines is 1. The summed E-state index contributed by atoms with van der Waals surface area (Å²) < 4.78 is 23.5. The monoisotopic (exact) mass is 283 g/mol. The van der Waals surface area contributed by atoms with Gasteiger partial charge in [-0.25, -0.2) is 0 Å². The Labute approximate surface area is 116 Å². The van der Waals surface area contributed by atoms with Crippen molar-refractivity contribution in [3.8, 4) is 5.75 Å². The van der Waals surface area contributed by atoms with Crippen molar-refractivity contribution in [3.05, 3.63) is 18.2 Å². The third kappa shape index (κ3) is 3.70. The molecule has 1 aromatic carbocycles. The highest BCUT2D eigenvalue weighted by Crippen LogP contribution is 2.26. The average Bonchev–Trinajstić information content (AvgIpc) is 2.77. The van der Waals surface area contributed by atoms with Gasteiger partial charge in [-0.1, -0.05) is 0 Å². The minimum atomic E-state index is -1.14. The van der Waals surface area contributed by atoms with Gasteiger partial charge >= 0.3 is 0 Å². The van der Waals surface area contributed by atoms with Gasteiger partial charge in [0.15, 0.2) is 0 Å². The van der Waals surface area contributed by atoms with Crippen LogP contribution in [0.25, 0.3) is 0 Å². The number of benzene rings is 1. The van der Waals surface area contributed by atoms with Gasteiger partial charge in [0.1, 0.15) is 5.75 Å². The fraction of sp³-hybridized carbons (Fsp3) is 0.571. The number of nitrogen functional groups attached to an aromatic ring is 1. The van der Waals surface area contributed by atoms with E-state index in [9.17, 15) is 4.21 Å². The predicted molar refractivity (Wildman–Crippen MR) is 76.9 cm³/mol. The van der Waals surface area contributed by atoms with E-state index in [0.29, 0.717) is 28.7 Å². The number of hydrogen-bond acceptors (Lipinski definition) is 4. The molecule has 106 valence electrons. The predicted octanol–water partition coefficient (Wildman–Crippen LogP) is 2.34. The molecule has 5 heteroatoms. The summed E-state index contributed by atoms with van der Waals surface area (Å²) in [5.74, 6) is 1.21. The first-order valence-corrected chi connectivity index (χ1v) is 7.98. The van der Waals surface area contributed by atoms with Gasteiger partial charge in [-0.3, -0.25) is 4.21 Å². The molecule has 0 radical (unpaired) electrons. The summed E-state index contributed by atoms with van der Waals surface area (Å²) in [5, 5.41) is 0. The molecule has 4 nitrogen and oxygen atoms in total. The van der Waals surface area contributed by atoms with Gasteiger partial charge in [0, 0.05) is 5.69 Å². The smallest absolute Gasteiger partial charge is 0.120 e. The van der Waals surface area contributed by atoms with Crippen LogP contribution < -0.4 is 10.5 Å². The Bertz CT molecular complexity index is 464. The summed E-state index contributed by atoms with van der Waals surface area (Å²) in [6.07, 6.45) is 2.36. The number of ether oxygens (including phenoxy) is 2. The largest absolute Gasteiger partial charge is 0.494 e. The van der Waals surface area contributed by atoms with Crippen molar-refractivity contribution >= 4 is 16.5 Å². The standard InChI is InChI=1S/C14H21NO3S/c1-3-17-11-6-7-13(15)14(8-11)19(16)9-12-5-4-10(2)18-12/h6-8,10,12H,3-5,9,15H2,1-2H3. The summed E-state index contributed by atoms with van der Waals surface area (Å²) >= 11 is 0. The van der Waals surface area contributed by atoms with Crippen molar-refractivity contribution in [2.75, 3.05) is 18.1 Å². The highest BCUT2D eigenvalue weighted by atomic mass is 32.2. The summed E-state index contributed by atoms with van der Waals surface area (Å²) in [6.45, 7) is 4.55. The van der Waals surface area contributed by atoms with E-state index in [1.165, 1.54) is 0 Å². The van der Waals surface area contributed by atoms with Gasteiger partial charge in [-0.05, 0) is 44.9 Å². The van der Waals surface area contributed by atoms with Crippen LogP contribution in [0.1, 0.15) is 26.7 Å². The fourth-order valence-corrected chi connectivity index (χ4v) is 3.58. The molecule has 1 fully saturated rings. The Morgan fingerprint density at radius 3 is 2.89 bits per heavy atom. The molecular formula is C14H21NO3S. The lowest BCUT2D eigenvalue weighted by Crippen LogP contribution is -2.18. The first-order valence-electron chi connectivity index (χ1n) is 6.66. The zero-order valence-electron chi connectivity index (χ0n) is 11.4. The summed E-state index contributed by atoms with van der Waals surface area (Å²) in [7, 11) is -1.14. The normalized spacial score (nSPS) is 24.3. The maximum absolute atomic E-state index is 12.4. The van der Waals surface area contributed by atoms with Crippen LogP contribution in [0, 0.1) is 0 Å². The minimum Gasteiger partial charge on any atom is -0.494 e. The lowest BCUT2D eigenvalue weighted by molar-refractivity contribution is 0.0695. The first kappa shape index (κ1) is 14.3. The Morgan fingerprint density at radius 2 is 2.26 bits per heavy atom. The van der Waals surface area contributed by atoms with Crippen LogP contribution in [0.3, 0.4) is 0 Å². The Kier molecular flexibility index (Phi) is 4.82. The van der Waals surface area contributed by atoms with E-state index < -0.39 is 10.8 Å². The van der Waals surface area contributed by atoms with Crippen LogP contribution in [-0.4, -0.2) is 28.8 Å². The topological polar surface area (TPSA) is 61.5 Å². The Balaban J connectivity index is 2.07. The molecule has 0 amide bonds. The van der Waals surface area contributed by atoms with Gasteiger partial charge in [0.05, 0.1) is 40.3 Å². The molecule has 19 heavy (non-hydrogen) atoms. The zero-order valence-corrected chi connectivity index (χ0v) is 12.2. The number of rotatable bonds is 5. The molecule has 0 saturated carbocycles. The van der Waals surface area contributed by atoms with Crippen molar-refractivity contribution in [2.24, 2.45) is 0 Å². The van der Waals surface area contributed by atoms with Crippen LogP contribution in [0.2, 0.25) is 0 Å². The van der Waals surface area contributed by atoms with Crippen molar-refractivity contribution in [1.29, 1.82) is 0 Å². The molecule has 3 unspecified atom stereocenters.